The van der Waals surface area contributed by atoms with Gasteiger partial charge in [-0.1, -0.05) is 29.5 Å². The lowest BCUT2D eigenvalue weighted by atomic mass is 10.1. The van der Waals surface area contributed by atoms with Crippen LogP contribution in [0.3, 0.4) is 0 Å². The van der Waals surface area contributed by atoms with Gasteiger partial charge in [0.25, 0.3) is 0 Å². The van der Waals surface area contributed by atoms with Gasteiger partial charge in [0.05, 0.1) is 29.9 Å². The minimum Gasteiger partial charge on any atom is -0.454 e. The van der Waals surface area contributed by atoms with Crippen molar-refractivity contribution in [3.05, 3.63) is 48.0 Å². The van der Waals surface area contributed by atoms with Gasteiger partial charge in [-0.3, -0.25) is 14.6 Å². The molecule has 0 bridgehead atoms. The quantitative estimate of drug-likeness (QED) is 0.563. The largest absolute Gasteiger partial charge is 0.454 e. The number of thiazole rings is 1. The summed E-state index contributed by atoms with van der Waals surface area (Å²) in [6.07, 6.45) is 1.19. The Morgan fingerprint density at radius 2 is 1.94 bits per heavy atom. The summed E-state index contributed by atoms with van der Waals surface area (Å²) in [6, 6.07) is 13.7. The molecule has 0 unspecified atom stereocenters. The van der Waals surface area contributed by atoms with Crippen molar-refractivity contribution in [1.29, 1.82) is 0 Å². The summed E-state index contributed by atoms with van der Waals surface area (Å²) in [5.74, 6) is 1.47. The van der Waals surface area contributed by atoms with Crippen LogP contribution in [0.2, 0.25) is 0 Å². The highest BCUT2D eigenvalue weighted by Crippen LogP contribution is 2.33. The van der Waals surface area contributed by atoms with Crippen molar-refractivity contribution in [2.45, 2.75) is 12.8 Å². The molecule has 0 radical (unpaired) electrons. The minimum atomic E-state index is 0.0416. The Morgan fingerprint density at radius 3 is 2.81 bits per heavy atom. The van der Waals surface area contributed by atoms with Gasteiger partial charge in [0.15, 0.2) is 16.6 Å². The average molecular weight is 440 g/mol. The van der Waals surface area contributed by atoms with Crippen molar-refractivity contribution >= 4 is 32.6 Å². The molecular formula is C23H25N3O4S. The predicted octanol–water partition coefficient (Wildman–Crippen LogP) is 3.32. The van der Waals surface area contributed by atoms with Crippen LogP contribution in [-0.4, -0.2) is 62.0 Å². The van der Waals surface area contributed by atoms with Crippen LogP contribution in [0.15, 0.2) is 42.5 Å². The van der Waals surface area contributed by atoms with Crippen molar-refractivity contribution in [1.82, 2.24) is 9.88 Å². The molecule has 1 saturated heterocycles. The summed E-state index contributed by atoms with van der Waals surface area (Å²) in [5.41, 5.74) is 1.84. The van der Waals surface area contributed by atoms with Crippen molar-refractivity contribution in [2.75, 3.05) is 51.1 Å². The minimum absolute atomic E-state index is 0.0416. The van der Waals surface area contributed by atoms with E-state index in [1.807, 2.05) is 47.4 Å². The van der Waals surface area contributed by atoms with E-state index in [1.54, 1.807) is 11.3 Å². The van der Waals surface area contributed by atoms with E-state index < -0.39 is 0 Å². The highest BCUT2D eigenvalue weighted by molar-refractivity contribution is 7.22. The first-order valence-electron chi connectivity index (χ1n) is 10.6. The van der Waals surface area contributed by atoms with Gasteiger partial charge in [-0.05, 0) is 36.2 Å². The highest BCUT2D eigenvalue weighted by atomic mass is 32.1. The Labute approximate surface area is 185 Å². The smallest absolute Gasteiger partial charge is 0.233 e. The average Bonchev–Trinajstić information content (AvgIpc) is 3.43. The third-order valence-electron chi connectivity index (χ3n) is 5.57. The van der Waals surface area contributed by atoms with E-state index in [-0.39, 0.29) is 12.7 Å². The molecule has 0 saturated carbocycles. The fourth-order valence-corrected chi connectivity index (χ4v) is 4.91. The summed E-state index contributed by atoms with van der Waals surface area (Å²) in [7, 11) is 0. The van der Waals surface area contributed by atoms with Crippen molar-refractivity contribution < 1.29 is 19.0 Å². The number of rotatable bonds is 7. The van der Waals surface area contributed by atoms with E-state index in [4.69, 9.17) is 19.2 Å². The fraction of sp³-hybridized carbons (Fsp3) is 0.391. The standard InChI is InChI=1S/C23H25N3O4S/c27-22(15-17-6-7-19-20(14-17)30-16-29-19)26(9-3-8-25-10-12-28-13-11-25)23-24-18-4-1-2-5-21(18)31-23/h1-2,4-7,14H,3,8-13,15-16H2. The third-order valence-corrected chi connectivity index (χ3v) is 6.63. The number of benzene rings is 2. The van der Waals surface area contributed by atoms with Crippen LogP contribution in [0.4, 0.5) is 5.13 Å². The van der Waals surface area contributed by atoms with Crippen LogP contribution in [-0.2, 0) is 16.0 Å². The molecule has 2 aliphatic heterocycles. The fourth-order valence-electron chi connectivity index (χ4n) is 3.90. The van der Waals surface area contributed by atoms with Crippen LogP contribution in [0.25, 0.3) is 10.2 Å². The van der Waals surface area contributed by atoms with Gasteiger partial charge in [-0.25, -0.2) is 4.98 Å². The van der Waals surface area contributed by atoms with E-state index >= 15 is 0 Å². The zero-order valence-corrected chi connectivity index (χ0v) is 18.1. The van der Waals surface area contributed by atoms with Crippen LogP contribution in [0.1, 0.15) is 12.0 Å². The molecule has 2 aliphatic rings. The molecule has 7 nitrogen and oxygen atoms in total. The second-order valence-corrected chi connectivity index (χ2v) is 8.69. The third kappa shape index (κ3) is 4.66. The Kier molecular flexibility index (Phi) is 6.01. The monoisotopic (exact) mass is 439 g/mol. The summed E-state index contributed by atoms with van der Waals surface area (Å²) >= 11 is 1.57. The number of hydrogen-bond donors (Lipinski definition) is 0. The normalized spacial score (nSPS) is 16.0. The highest BCUT2D eigenvalue weighted by Gasteiger charge is 2.22. The van der Waals surface area contributed by atoms with E-state index in [0.717, 1.165) is 65.9 Å². The van der Waals surface area contributed by atoms with Gasteiger partial charge in [0.2, 0.25) is 12.7 Å². The number of aromatic nitrogens is 1. The molecule has 31 heavy (non-hydrogen) atoms. The molecule has 5 rings (SSSR count). The van der Waals surface area contributed by atoms with Gasteiger partial charge < -0.3 is 14.2 Å². The summed E-state index contributed by atoms with van der Waals surface area (Å²) in [5, 5.41) is 0.758. The summed E-state index contributed by atoms with van der Waals surface area (Å²) in [6.45, 7) is 5.28. The zero-order chi connectivity index (χ0) is 21.0. The topological polar surface area (TPSA) is 64.1 Å². The Balaban J connectivity index is 1.32. The lowest BCUT2D eigenvalue weighted by Gasteiger charge is -2.27. The molecule has 0 spiro atoms. The SMILES string of the molecule is O=C(Cc1ccc2c(c1)OCO2)N(CCCN1CCOCC1)c1nc2ccccc2s1. The first-order chi connectivity index (χ1) is 15.3. The van der Waals surface area contributed by atoms with E-state index in [1.165, 1.54) is 0 Å². The predicted molar refractivity (Wildman–Crippen MR) is 120 cm³/mol. The Hall–Kier alpha value is -2.68. The summed E-state index contributed by atoms with van der Waals surface area (Å²) in [4.78, 5) is 22.3. The molecule has 1 amide bonds. The molecular weight excluding hydrogens is 414 g/mol. The second-order valence-electron chi connectivity index (χ2n) is 7.68. The van der Waals surface area contributed by atoms with Crippen LogP contribution in [0.5, 0.6) is 11.5 Å². The Morgan fingerprint density at radius 1 is 1.10 bits per heavy atom. The number of para-hydroxylation sites is 1. The number of fused-ring (bicyclic) bond motifs is 2. The number of carbonyl (C=O) groups excluding carboxylic acids is 1. The molecule has 0 aliphatic carbocycles. The first-order valence-corrected chi connectivity index (χ1v) is 11.4. The van der Waals surface area contributed by atoms with Crippen LogP contribution in [0, 0.1) is 0 Å². The number of morpholine rings is 1. The van der Waals surface area contributed by atoms with E-state index in [2.05, 4.69) is 4.90 Å². The van der Waals surface area contributed by atoms with Gasteiger partial charge >= 0.3 is 0 Å². The van der Waals surface area contributed by atoms with E-state index in [0.29, 0.717) is 18.7 Å². The van der Waals surface area contributed by atoms with Crippen molar-refractivity contribution in [2.24, 2.45) is 0 Å². The van der Waals surface area contributed by atoms with Gasteiger partial charge in [-0.2, -0.15) is 0 Å². The zero-order valence-electron chi connectivity index (χ0n) is 17.3. The lowest BCUT2D eigenvalue weighted by Crippen LogP contribution is -2.39. The van der Waals surface area contributed by atoms with Crippen molar-refractivity contribution in [3.8, 4) is 11.5 Å². The molecule has 1 fully saturated rings. The maximum Gasteiger partial charge on any atom is 0.233 e. The first kappa shape index (κ1) is 20.2. The van der Waals surface area contributed by atoms with Gasteiger partial charge in [0, 0.05) is 26.2 Å². The molecule has 162 valence electrons. The second kappa shape index (κ2) is 9.21. The maximum atomic E-state index is 13.4. The molecule has 8 heteroatoms. The van der Waals surface area contributed by atoms with E-state index in [9.17, 15) is 4.79 Å². The molecule has 0 N–H and O–H groups in total. The number of nitrogens with zero attached hydrogens (tertiary/aromatic N) is 3. The lowest BCUT2D eigenvalue weighted by molar-refractivity contribution is -0.118. The summed E-state index contributed by atoms with van der Waals surface area (Å²) < 4.78 is 17.4. The Bertz CT molecular complexity index is 1030. The maximum absolute atomic E-state index is 13.4. The van der Waals surface area contributed by atoms with Crippen LogP contribution < -0.4 is 14.4 Å². The number of amides is 1. The van der Waals surface area contributed by atoms with Gasteiger partial charge in [0.1, 0.15) is 0 Å². The number of anilines is 1. The molecule has 2 aromatic carbocycles. The molecule has 3 heterocycles. The number of carbonyl (C=O) groups is 1. The molecule has 0 atom stereocenters. The van der Waals surface area contributed by atoms with Crippen LogP contribution >= 0.6 is 11.3 Å². The van der Waals surface area contributed by atoms with Crippen molar-refractivity contribution in [3.63, 3.8) is 0 Å². The van der Waals surface area contributed by atoms with Gasteiger partial charge in [-0.15, -0.1) is 0 Å². The molecule has 3 aromatic rings. The number of ether oxygens (including phenoxy) is 3. The number of hydrogen-bond acceptors (Lipinski definition) is 7. The molecule has 1 aromatic heterocycles.